The number of benzene rings is 1. The fourth-order valence-electron chi connectivity index (χ4n) is 2.93. The molecule has 0 bridgehead atoms. The molecule has 21 heavy (non-hydrogen) atoms. The molecule has 2 aromatic rings. The Bertz CT molecular complexity index is 611. The summed E-state index contributed by atoms with van der Waals surface area (Å²) in [5.41, 5.74) is 2.16. The van der Waals surface area contributed by atoms with E-state index in [1.54, 1.807) is 0 Å². The molecule has 1 fully saturated rings. The average molecular weight is 349 g/mol. The zero-order chi connectivity index (χ0) is 14.7. The molecule has 0 spiro atoms. The van der Waals surface area contributed by atoms with Gasteiger partial charge in [-0.2, -0.15) is 0 Å². The first-order valence-electron chi connectivity index (χ1n) is 7.66. The lowest BCUT2D eigenvalue weighted by molar-refractivity contribution is 0.176. The third-order valence-electron chi connectivity index (χ3n) is 4.05. The van der Waals surface area contributed by atoms with Crippen LogP contribution in [0.3, 0.4) is 0 Å². The number of hydrogen-bond donors (Lipinski definition) is 1. The summed E-state index contributed by atoms with van der Waals surface area (Å²) in [4.78, 5) is 4.91. The van der Waals surface area contributed by atoms with Crippen molar-refractivity contribution in [1.29, 1.82) is 0 Å². The van der Waals surface area contributed by atoms with Gasteiger partial charge < -0.3 is 10.1 Å². The summed E-state index contributed by atoms with van der Waals surface area (Å²) >= 11 is 3.71. The van der Waals surface area contributed by atoms with Crippen molar-refractivity contribution in [2.75, 3.05) is 19.8 Å². The molecule has 1 aliphatic rings. The van der Waals surface area contributed by atoms with E-state index in [0.29, 0.717) is 5.92 Å². The van der Waals surface area contributed by atoms with Crippen molar-refractivity contribution in [3.63, 3.8) is 0 Å². The summed E-state index contributed by atoms with van der Waals surface area (Å²) in [5, 5.41) is 4.83. The van der Waals surface area contributed by atoms with Gasteiger partial charge in [-0.05, 0) is 47.4 Å². The predicted octanol–water partition coefficient (Wildman–Crippen LogP) is 4.07. The second kappa shape index (κ2) is 6.86. The molecule has 3 rings (SSSR count). The Morgan fingerprint density at radius 3 is 3.05 bits per heavy atom. The van der Waals surface area contributed by atoms with Crippen LogP contribution in [0.4, 0.5) is 0 Å². The van der Waals surface area contributed by atoms with E-state index in [1.807, 2.05) is 12.1 Å². The number of pyridine rings is 1. The Hall–Kier alpha value is -0.970. The molecule has 1 aliphatic heterocycles. The molecule has 2 unspecified atom stereocenters. The van der Waals surface area contributed by atoms with Crippen LogP contribution in [0.2, 0.25) is 0 Å². The zero-order valence-corrected chi connectivity index (χ0v) is 13.9. The molecular formula is C17H21BrN2O. The summed E-state index contributed by atoms with van der Waals surface area (Å²) in [6.45, 7) is 4.88. The maximum absolute atomic E-state index is 5.58. The zero-order valence-electron chi connectivity index (χ0n) is 12.3. The summed E-state index contributed by atoms with van der Waals surface area (Å²) < 4.78 is 6.67. The second-order valence-corrected chi connectivity index (χ2v) is 6.46. The molecule has 1 saturated heterocycles. The van der Waals surface area contributed by atoms with E-state index in [2.05, 4.69) is 46.4 Å². The largest absolute Gasteiger partial charge is 0.381 e. The number of halogens is 1. The highest BCUT2D eigenvalue weighted by atomic mass is 79.9. The molecule has 0 saturated carbocycles. The second-order valence-electron chi connectivity index (χ2n) is 5.60. The van der Waals surface area contributed by atoms with Crippen LogP contribution in [-0.4, -0.2) is 24.7 Å². The third kappa shape index (κ3) is 3.28. The van der Waals surface area contributed by atoms with Crippen LogP contribution in [0.1, 0.15) is 31.5 Å². The van der Waals surface area contributed by atoms with Gasteiger partial charge in [-0.3, -0.25) is 0 Å². The maximum atomic E-state index is 5.58. The van der Waals surface area contributed by atoms with Crippen molar-refractivity contribution < 1.29 is 4.74 Å². The summed E-state index contributed by atoms with van der Waals surface area (Å²) in [5.74, 6) is 0.501. The van der Waals surface area contributed by atoms with Crippen LogP contribution in [-0.2, 0) is 4.74 Å². The van der Waals surface area contributed by atoms with Crippen LogP contribution in [0.15, 0.2) is 34.8 Å². The van der Waals surface area contributed by atoms with Gasteiger partial charge in [0, 0.05) is 22.4 Å². The minimum Gasteiger partial charge on any atom is -0.381 e. The minimum absolute atomic E-state index is 0.256. The fraction of sp³-hybridized carbons (Fsp3) is 0.471. The van der Waals surface area contributed by atoms with Crippen LogP contribution in [0, 0.1) is 5.92 Å². The molecule has 0 radical (unpaired) electrons. The number of para-hydroxylation sites is 1. The lowest BCUT2D eigenvalue weighted by Crippen LogP contribution is -2.30. The van der Waals surface area contributed by atoms with Gasteiger partial charge >= 0.3 is 0 Å². The standard InChI is InChI=1S/C17H21BrN2O/c1-2-8-19-16(13-7-9-21-11-13)17-14(18)10-12-5-3-4-6-15(12)20-17/h3-6,10,13,16,19H,2,7-9,11H2,1H3. The molecule has 112 valence electrons. The molecule has 2 heterocycles. The van der Waals surface area contributed by atoms with Gasteiger partial charge in [0.2, 0.25) is 0 Å². The van der Waals surface area contributed by atoms with E-state index in [0.717, 1.165) is 48.3 Å². The van der Waals surface area contributed by atoms with Crippen LogP contribution in [0.25, 0.3) is 10.9 Å². The van der Waals surface area contributed by atoms with E-state index in [4.69, 9.17) is 9.72 Å². The minimum atomic E-state index is 0.256. The van der Waals surface area contributed by atoms with Gasteiger partial charge in [0.1, 0.15) is 0 Å². The van der Waals surface area contributed by atoms with Crippen molar-refractivity contribution in [2.24, 2.45) is 5.92 Å². The van der Waals surface area contributed by atoms with Crippen LogP contribution < -0.4 is 5.32 Å². The Kier molecular flexibility index (Phi) is 4.88. The molecule has 3 nitrogen and oxygen atoms in total. The molecule has 1 N–H and O–H groups in total. The van der Waals surface area contributed by atoms with E-state index < -0.39 is 0 Å². The summed E-state index contributed by atoms with van der Waals surface area (Å²) in [6.07, 6.45) is 2.22. The van der Waals surface area contributed by atoms with Crippen molar-refractivity contribution in [2.45, 2.75) is 25.8 Å². The van der Waals surface area contributed by atoms with Gasteiger partial charge in [0.25, 0.3) is 0 Å². The normalized spacial score (nSPS) is 20.0. The number of nitrogens with zero attached hydrogens (tertiary/aromatic N) is 1. The van der Waals surface area contributed by atoms with Gasteiger partial charge in [-0.25, -0.2) is 4.98 Å². The maximum Gasteiger partial charge on any atom is 0.0726 e. The number of fused-ring (bicyclic) bond motifs is 1. The molecule has 2 atom stereocenters. The lowest BCUT2D eigenvalue weighted by Gasteiger charge is -2.24. The van der Waals surface area contributed by atoms with Crippen molar-refractivity contribution in [3.8, 4) is 0 Å². The van der Waals surface area contributed by atoms with E-state index in [-0.39, 0.29) is 6.04 Å². The number of aromatic nitrogens is 1. The topological polar surface area (TPSA) is 34.2 Å². The Balaban J connectivity index is 1.98. The third-order valence-corrected chi connectivity index (χ3v) is 4.68. The molecule has 1 aromatic carbocycles. The predicted molar refractivity (Wildman–Crippen MR) is 89.4 cm³/mol. The van der Waals surface area contributed by atoms with Gasteiger partial charge in [-0.15, -0.1) is 0 Å². The Morgan fingerprint density at radius 2 is 2.29 bits per heavy atom. The molecule has 1 aromatic heterocycles. The van der Waals surface area contributed by atoms with E-state index in [9.17, 15) is 0 Å². The highest BCUT2D eigenvalue weighted by Crippen LogP contribution is 2.33. The van der Waals surface area contributed by atoms with Gasteiger partial charge in [0.15, 0.2) is 0 Å². The summed E-state index contributed by atoms with van der Waals surface area (Å²) in [6, 6.07) is 10.7. The van der Waals surface area contributed by atoms with E-state index in [1.165, 1.54) is 5.39 Å². The van der Waals surface area contributed by atoms with Gasteiger partial charge in [0.05, 0.1) is 23.9 Å². The quantitative estimate of drug-likeness (QED) is 0.883. The highest BCUT2D eigenvalue weighted by molar-refractivity contribution is 9.10. The Labute approximate surface area is 134 Å². The first-order chi connectivity index (χ1) is 10.3. The summed E-state index contributed by atoms with van der Waals surface area (Å²) in [7, 11) is 0. The first kappa shape index (κ1) is 14.9. The number of ether oxygens (including phenoxy) is 1. The lowest BCUT2D eigenvalue weighted by atomic mass is 9.95. The molecule has 0 aliphatic carbocycles. The average Bonchev–Trinajstić information content (AvgIpc) is 3.02. The SMILES string of the molecule is CCCNC(c1nc2ccccc2cc1Br)C1CCOC1. The molecule has 0 amide bonds. The van der Waals surface area contributed by atoms with Crippen LogP contribution >= 0.6 is 15.9 Å². The number of hydrogen-bond acceptors (Lipinski definition) is 3. The highest BCUT2D eigenvalue weighted by Gasteiger charge is 2.29. The fourth-order valence-corrected chi connectivity index (χ4v) is 3.51. The van der Waals surface area contributed by atoms with Crippen molar-refractivity contribution >= 4 is 26.8 Å². The molecule has 4 heteroatoms. The smallest absolute Gasteiger partial charge is 0.0726 e. The first-order valence-corrected chi connectivity index (χ1v) is 8.45. The monoisotopic (exact) mass is 348 g/mol. The van der Waals surface area contributed by atoms with Crippen molar-refractivity contribution in [1.82, 2.24) is 10.3 Å². The van der Waals surface area contributed by atoms with Crippen LogP contribution in [0.5, 0.6) is 0 Å². The Morgan fingerprint density at radius 1 is 1.43 bits per heavy atom. The van der Waals surface area contributed by atoms with Crippen molar-refractivity contribution in [3.05, 3.63) is 40.5 Å². The van der Waals surface area contributed by atoms with E-state index >= 15 is 0 Å². The number of nitrogens with one attached hydrogen (secondary N) is 1. The van der Waals surface area contributed by atoms with Gasteiger partial charge in [-0.1, -0.05) is 25.1 Å². The number of rotatable bonds is 5. The molecular weight excluding hydrogens is 328 g/mol.